The predicted molar refractivity (Wildman–Crippen MR) is 63.8 cm³/mol. The van der Waals surface area contributed by atoms with Gasteiger partial charge in [-0.15, -0.1) is 0 Å². The summed E-state index contributed by atoms with van der Waals surface area (Å²) in [5, 5.41) is 9.12. The summed E-state index contributed by atoms with van der Waals surface area (Å²) >= 11 is 0. The van der Waals surface area contributed by atoms with Gasteiger partial charge in [-0.1, -0.05) is 0 Å². The van der Waals surface area contributed by atoms with Crippen LogP contribution in [0.3, 0.4) is 0 Å². The van der Waals surface area contributed by atoms with E-state index in [4.69, 9.17) is 15.6 Å². The highest BCUT2D eigenvalue weighted by molar-refractivity contribution is 5.79. The molecule has 17 heavy (non-hydrogen) atoms. The van der Waals surface area contributed by atoms with E-state index < -0.39 is 11.5 Å². The van der Waals surface area contributed by atoms with Crippen molar-refractivity contribution >= 4 is 5.97 Å². The maximum Gasteiger partial charge on any atom is 0.323 e. The first-order chi connectivity index (χ1) is 7.94. The van der Waals surface area contributed by atoms with Gasteiger partial charge in [-0.05, 0) is 39.7 Å². The SMILES string of the molecule is CC1OCCC1N(C)C1CCC(N)(C(=O)O)C1. The predicted octanol–water partition coefficient (Wildman–Crippen LogP) is 0.430. The highest BCUT2D eigenvalue weighted by Gasteiger charge is 2.45. The van der Waals surface area contributed by atoms with E-state index >= 15 is 0 Å². The molecule has 0 amide bonds. The molecule has 98 valence electrons. The van der Waals surface area contributed by atoms with Gasteiger partial charge in [0.2, 0.25) is 0 Å². The molecule has 4 unspecified atom stereocenters. The van der Waals surface area contributed by atoms with Crippen LogP contribution in [0.4, 0.5) is 0 Å². The fourth-order valence-electron chi connectivity index (χ4n) is 3.12. The van der Waals surface area contributed by atoms with Gasteiger partial charge in [0.25, 0.3) is 0 Å². The second-order valence-corrected chi connectivity index (χ2v) is 5.46. The largest absolute Gasteiger partial charge is 0.480 e. The molecule has 1 saturated carbocycles. The summed E-state index contributed by atoms with van der Waals surface area (Å²) in [5.41, 5.74) is 4.88. The average molecular weight is 242 g/mol. The van der Waals surface area contributed by atoms with Gasteiger partial charge in [0.05, 0.1) is 6.10 Å². The number of aliphatic carboxylic acids is 1. The molecule has 1 heterocycles. The van der Waals surface area contributed by atoms with E-state index in [2.05, 4.69) is 18.9 Å². The zero-order chi connectivity index (χ0) is 12.6. The monoisotopic (exact) mass is 242 g/mol. The number of hydrogen-bond acceptors (Lipinski definition) is 4. The van der Waals surface area contributed by atoms with Crippen molar-refractivity contribution in [3.8, 4) is 0 Å². The van der Waals surface area contributed by atoms with Crippen molar-refractivity contribution in [3.05, 3.63) is 0 Å². The lowest BCUT2D eigenvalue weighted by Gasteiger charge is -2.32. The number of carboxylic acids is 1. The zero-order valence-electron chi connectivity index (χ0n) is 10.6. The second-order valence-electron chi connectivity index (χ2n) is 5.46. The molecule has 2 aliphatic rings. The minimum Gasteiger partial charge on any atom is -0.480 e. The van der Waals surface area contributed by atoms with Crippen LogP contribution in [-0.4, -0.2) is 53.4 Å². The van der Waals surface area contributed by atoms with E-state index in [1.807, 2.05) is 0 Å². The van der Waals surface area contributed by atoms with Crippen LogP contribution in [0.2, 0.25) is 0 Å². The third-order valence-corrected chi connectivity index (χ3v) is 4.38. The summed E-state index contributed by atoms with van der Waals surface area (Å²) in [6.07, 6.45) is 3.24. The third kappa shape index (κ3) is 2.32. The van der Waals surface area contributed by atoms with Crippen molar-refractivity contribution in [2.45, 2.75) is 56.3 Å². The third-order valence-electron chi connectivity index (χ3n) is 4.38. The topological polar surface area (TPSA) is 75.8 Å². The molecule has 2 rings (SSSR count). The second kappa shape index (κ2) is 4.55. The van der Waals surface area contributed by atoms with Crippen LogP contribution in [0.15, 0.2) is 0 Å². The van der Waals surface area contributed by atoms with Crippen molar-refractivity contribution in [1.82, 2.24) is 4.90 Å². The molecule has 1 aliphatic carbocycles. The summed E-state index contributed by atoms with van der Waals surface area (Å²) < 4.78 is 5.56. The van der Waals surface area contributed by atoms with Crippen molar-refractivity contribution in [3.63, 3.8) is 0 Å². The van der Waals surface area contributed by atoms with Gasteiger partial charge in [0, 0.05) is 18.7 Å². The first-order valence-corrected chi connectivity index (χ1v) is 6.30. The van der Waals surface area contributed by atoms with Gasteiger partial charge < -0.3 is 15.6 Å². The van der Waals surface area contributed by atoms with Gasteiger partial charge in [-0.25, -0.2) is 0 Å². The molecule has 0 radical (unpaired) electrons. The van der Waals surface area contributed by atoms with Crippen molar-refractivity contribution in [2.75, 3.05) is 13.7 Å². The number of hydrogen-bond donors (Lipinski definition) is 2. The summed E-state index contributed by atoms with van der Waals surface area (Å²) in [7, 11) is 2.06. The summed E-state index contributed by atoms with van der Waals surface area (Å²) in [6, 6.07) is 0.668. The number of nitrogens with zero attached hydrogens (tertiary/aromatic N) is 1. The Kier molecular flexibility index (Phi) is 3.43. The standard InChI is InChI=1S/C12H22N2O3/c1-8-10(4-6-17-8)14(2)9-3-5-12(13,7-9)11(15)16/h8-10H,3-7,13H2,1-2H3,(H,15,16). The number of rotatable bonds is 3. The normalized spacial score (nSPS) is 42.2. The Labute approximate surface area is 102 Å². The number of likely N-dealkylation sites (N-methyl/N-ethyl adjacent to an activating group) is 1. The molecule has 5 heteroatoms. The maximum absolute atomic E-state index is 11.1. The van der Waals surface area contributed by atoms with Gasteiger partial charge in [-0.3, -0.25) is 9.69 Å². The lowest BCUT2D eigenvalue weighted by Crippen LogP contribution is -2.48. The van der Waals surface area contributed by atoms with Gasteiger partial charge >= 0.3 is 5.97 Å². The first kappa shape index (κ1) is 12.8. The highest BCUT2D eigenvalue weighted by atomic mass is 16.5. The minimum absolute atomic E-state index is 0.234. The summed E-state index contributed by atoms with van der Waals surface area (Å²) in [6.45, 7) is 2.88. The Morgan fingerprint density at radius 1 is 1.53 bits per heavy atom. The fourth-order valence-corrected chi connectivity index (χ4v) is 3.12. The molecule has 2 fully saturated rings. The van der Waals surface area contributed by atoms with Crippen LogP contribution in [0.5, 0.6) is 0 Å². The lowest BCUT2D eigenvalue weighted by molar-refractivity contribution is -0.143. The first-order valence-electron chi connectivity index (χ1n) is 6.30. The Morgan fingerprint density at radius 2 is 2.24 bits per heavy atom. The molecule has 0 spiro atoms. The molecule has 1 saturated heterocycles. The number of carbonyl (C=O) groups is 1. The van der Waals surface area contributed by atoms with Gasteiger partial charge in [0.15, 0.2) is 0 Å². The number of nitrogens with two attached hydrogens (primary N) is 1. The smallest absolute Gasteiger partial charge is 0.323 e. The van der Waals surface area contributed by atoms with Crippen molar-refractivity contribution in [1.29, 1.82) is 0 Å². The van der Waals surface area contributed by atoms with E-state index in [9.17, 15) is 4.79 Å². The summed E-state index contributed by atoms with van der Waals surface area (Å²) in [5.74, 6) is -0.871. The van der Waals surface area contributed by atoms with E-state index in [1.54, 1.807) is 0 Å². The van der Waals surface area contributed by atoms with Crippen LogP contribution in [-0.2, 0) is 9.53 Å². The van der Waals surface area contributed by atoms with Crippen LogP contribution < -0.4 is 5.73 Å². The van der Waals surface area contributed by atoms with Gasteiger partial charge in [0.1, 0.15) is 5.54 Å². The van der Waals surface area contributed by atoms with E-state index in [0.717, 1.165) is 19.4 Å². The van der Waals surface area contributed by atoms with Gasteiger partial charge in [-0.2, -0.15) is 0 Å². The highest BCUT2D eigenvalue weighted by Crippen LogP contribution is 2.33. The van der Waals surface area contributed by atoms with Crippen molar-refractivity contribution in [2.24, 2.45) is 5.73 Å². The number of ether oxygens (including phenoxy) is 1. The minimum atomic E-state index is -1.03. The Bertz CT molecular complexity index is 310. The Morgan fingerprint density at radius 3 is 2.71 bits per heavy atom. The molecule has 0 bridgehead atoms. The molecule has 0 aromatic rings. The van der Waals surface area contributed by atoms with Crippen LogP contribution in [0.1, 0.15) is 32.6 Å². The Balaban J connectivity index is 1.98. The fraction of sp³-hybridized carbons (Fsp3) is 0.917. The molecule has 4 atom stereocenters. The molecular formula is C12H22N2O3. The van der Waals surface area contributed by atoms with Crippen molar-refractivity contribution < 1.29 is 14.6 Å². The van der Waals surface area contributed by atoms with Crippen LogP contribution >= 0.6 is 0 Å². The lowest BCUT2D eigenvalue weighted by atomic mass is 9.98. The van der Waals surface area contributed by atoms with E-state index in [0.29, 0.717) is 18.9 Å². The number of carboxylic acid groups (broad SMARTS) is 1. The van der Waals surface area contributed by atoms with Crippen LogP contribution in [0, 0.1) is 0 Å². The molecule has 0 aromatic heterocycles. The molecule has 3 N–H and O–H groups in total. The average Bonchev–Trinajstić information content (AvgIpc) is 2.85. The molecule has 0 aromatic carbocycles. The zero-order valence-corrected chi connectivity index (χ0v) is 10.6. The molecule has 1 aliphatic heterocycles. The van der Waals surface area contributed by atoms with E-state index in [1.165, 1.54) is 0 Å². The Hall–Kier alpha value is -0.650. The molecule has 5 nitrogen and oxygen atoms in total. The summed E-state index contributed by atoms with van der Waals surface area (Å²) in [4.78, 5) is 13.4. The maximum atomic E-state index is 11.1. The molecular weight excluding hydrogens is 220 g/mol. The van der Waals surface area contributed by atoms with E-state index in [-0.39, 0.29) is 12.1 Å². The quantitative estimate of drug-likeness (QED) is 0.750. The van der Waals surface area contributed by atoms with Crippen LogP contribution in [0.25, 0.3) is 0 Å².